The molecule has 0 amide bonds. The number of hydrogen-bond donors (Lipinski definition) is 2. The number of thiocarbonyl (C=S) groups is 1. The van der Waals surface area contributed by atoms with Crippen molar-refractivity contribution in [1.29, 1.82) is 0 Å². The number of anilines is 1. The zero-order chi connectivity index (χ0) is 14.0. The van der Waals surface area contributed by atoms with Crippen LogP contribution in [0.25, 0.3) is 0 Å². The van der Waals surface area contributed by atoms with Gasteiger partial charge in [-0.2, -0.15) is 0 Å². The molecule has 100 valence electrons. The van der Waals surface area contributed by atoms with Crippen molar-refractivity contribution in [2.75, 3.05) is 5.32 Å². The molecule has 0 bridgehead atoms. The molecule has 0 aliphatic carbocycles. The largest absolute Gasteiger partial charge is 0.467 e. The van der Waals surface area contributed by atoms with Gasteiger partial charge in [0.25, 0.3) is 0 Å². The summed E-state index contributed by atoms with van der Waals surface area (Å²) in [5.41, 5.74) is 9.23. The number of nitrogens with one attached hydrogen (secondary N) is 1. The van der Waals surface area contributed by atoms with Gasteiger partial charge in [-0.05, 0) is 39.0 Å². The van der Waals surface area contributed by atoms with E-state index in [-0.39, 0.29) is 6.04 Å². The minimum atomic E-state index is 0.0318. The van der Waals surface area contributed by atoms with E-state index >= 15 is 0 Å². The molecule has 0 radical (unpaired) electrons. The maximum atomic E-state index is 5.79. The number of nitrogens with zero attached hydrogens (tertiary/aromatic N) is 1. The molecule has 0 saturated heterocycles. The third-order valence-corrected chi connectivity index (χ3v) is 3.12. The molecule has 0 aromatic carbocycles. The van der Waals surface area contributed by atoms with Crippen LogP contribution in [0.1, 0.15) is 35.7 Å². The Morgan fingerprint density at radius 1 is 1.47 bits per heavy atom. The molecule has 1 unspecified atom stereocenters. The number of hydrogen-bond acceptors (Lipinski definition) is 4. The van der Waals surface area contributed by atoms with Gasteiger partial charge < -0.3 is 15.5 Å². The summed E-state index contributed by atoms with van der Waals surface area (Å²) >= 11 is 5.11. The van der Waals surface area contributed by atoms with E-state index in [0.29, 0.717) is 4.99 Å². The third-order valence-electron chi connectivity index (χ3n) is 2.92. The van der Waals surface area contributed by atoms with Crippen molar-refractivity contribution >= 4 is 22.9 Å². The fourth-order valence-electron chi connectivity index (χ4n) is 2.10. The summed E-state index contributed by atoms with van der Waals surface area (Å²) in [6.45, 7) is 5.87. The summed E-state index contributed by atoms with van der Waals surface area (Å²) in [6, 6.07) is 5.77. The van der Waals surface area contributed by atoms with Crippen molar-refractivity contribution < 1.29 is 4.42 Å². The number of aromatic nitrogens is 1. The average molecular weight is 275 g/mol. The molecule has 2 rings (SSSR count). The van der Waals surface area contributed by atoms with Crippen LogP contribution in [0.4, 0.5) is 5.69 Å². The van der Waals surface area contributed by atoms with E-state index in [1.54, 1.807) is 6.26 Å². The number of pyridine rings is 1. The van der Waals surface area contributed by atoms with Gasteiger partial charge in [0.15, 0.2) is 0 Å². The SMILES string of the molecule is Cc1cc(NC(C)c2ccco2)c(C(N)=S)c(C)n1. The lowest BCUT2D eigenvalue weighted by molar-refractivity contribution is 0.490. The first-order valence-electron chi connectivity index (χ1n) is 6.07. The predicted octanol–water partition coefficient (Wildman–Crippen LogP) is 3.10. The molecule has 19 heavy (non-hydrogen) atoms. The molecule has 0 saturated carbocycles. The quantitative estimate of drug-likeness (QED) is 0.839. The van der Waals surface area contributed by atoms with Crippen LogP contribution in [0, 0.1) is 13.8 Å². The second-order valence-corrected chi connectivity index (χ2v) is 4.96. The molecule has 5 heteroatoms. The molecule has 3 N–H and O–H groups in total. The van der Waals surface area contributed by atoms with Crippen LogP contribution in [-0.2, 0) is 0 Å². The van der Waals surface area contributed by atoms with Crippen LogP contribution >= 0.6 is 12.2 Å². The first kappa shape index (κ1) is 13.5. The highest BCUT2D eigenvalue weighted by Gasteiger charge is 2.15. The van der Waals surface area contributed by atoms with Crippen molar-refractivity contribution in [3.63, 3.8) is 0 Å². The van der Waals surface area contributed by atoms with Gasteiger partial charge in [-0.3, -0.25) is 4.98 Å². The zero-order valence-electron chi connectivity index (χ0n) is 11.2. The standard InChI is InChI=1S/C14H17N3OS/c1-8-7-11(13(14(15)19)10(3)16-8)17-9(2)12-5-4-6-18-12/h4-7,9H,1-3H3,(H2,15,19)(H,16,17). The van der Waals surface area contributed by atoms with Gasteiger partial charge in [-0.1, -0.05) is 12.2 Å². The predicted molar refractivity (Wildman–Crippen MR) is 80.3 cm³/mol. The van der Waals surface area contributed by atoms with Gasteiger partial charge in [0.1, 0.15) is 10.7 Å². The molecular formula is C14H17N3OS. The van der Waals surface area contributed by atoms with Gasteiger partial charge in [-0.15, -0.1) is 0 Å². The summed E-state index contributed by atoms with van der Waals surface area (Å²) in [5, 5.41) is 3.37. The van der Waals surface area contributed by atoms with E-state index in [0.717, 1.165) is 28.4 Å². The molecule has 0 aliphatic heterocycles. The molecule has 0 fully saturated rings. The Morgan fingerprint density at radius 2 is 2.21 bits per heavy atom. The summed E-state index contributed by atoms with van der Waals surface area (Å²) < 4.78 is 5.39. The lowest BCUT2D eigenvalue weighted by Gasteiger charge is -2.18. The minimum absolute atomic E-state index is 0.0318. The monoisotopic (exact) mass is 275 g/mol. The first-order valence-corrected chi connectivity index (χ1v) is 6.48. The number of furan rings is 1. The number of aryl methyl sites for hydroxylation is 2. The Bertz CT molecular complexity index is 593. The molecule has 2 aromatic heterocycles. The van der Waals surface area contributed by atoms with E-state index in [1.165, 1.54) is 0 Å². The van der Waals surface area contributed by atoms with Crippen molar-refractivity contribution in [3.05, 3.63) is 47.2 Å². The van der Waals surface area contributed by atoms with Gasteiger partial charge in [0, 0.05) is 17.1 Å². The van der Waals surface area contributed by atoms with E-state index in [4.69, 9.17) is 22.4 Å². The van der Waals surface area contributed by atoms with E-state index in [1.807, 2.05) is 39.0 Å². The lowest BCUT2D eigenvalue weighted by Crippen LogP contribution is -2.17. The Morgan fingerprint density at radius 3 is 2.79 bits per heavy atom. The smallest absolute Gasteiger partial charge is 0.125 e. The summed E-state index contributed by atoms with van der Waals surface area (Å²) in [7, 11) is 0. The Hall–Kier alpha value is -1.88. The maximum absolute atomic E-state index is 5.79. The summed E-state index contributed by atoms with van der Waals surface area (Å²) in [6.07, 6.45) is 1.66. The molecule has 4 nitrogen and oxygen atoms in total. The van der Waals surface area contributed by atoms with Crippen molar-refractivity contribution in [1.82, 2.24) is 4.98 Å². The second kappa shape index (κ2) is 5.40. The molecule has 1 atom stereocenters. The molecule has 2 heterocycles. The van der Waals surface area contributed by atoms with Crippen LogP contribution in [0.5, 0.6) is 0 Å². The lowest BCUT2D eigenvalue weighted by atomic mass is 10.1. The van der Waals surface area contributed by atoms with E-state index in [9.17, 15) is 0 Å². The van der Waals surface area contributed by atoms with Crippen LogP contribution in [0.15, 0.2) is 28.9 Å². The van der Waals surface area contributed by atoms with Gasteiger partial charge in [0.2, 0.25) is 0 Å². The highest BCUT2D eigenvalue weighted by molar-refractivity contribution is 7.80. The molecular weight excluding hydrogens is 258 g/mol. The fourth-order valence-corrected chi connectivity index (χ4v) is 2.35. The van der Waals surface area contributed by atoms with Crippen LogP contribution in [0.2, 0.25) is 0 Å². The maximum Gasteiger partial charge on any atom is 0.125 e. The highest BCUT2D eigenvalue weighted by Crippen LogP contribution is 2.25. The van der Waals surface area contributed by atoms with Crippen LogP contribution in [-0.4, -0.2) is 9.97 Å². The molecule has 2 aromatic rings. The zero-order valence-corrected chi connectivity index (χ0v) is 12.0. The Labute approximate surface area is 118 Å². The Balaban J connectivity index is 2.36. The molecule has 0 spiro atoms. The van der Waals surface area contributed by atoms with Crippen molar-refractivity contribution in [2.24, 2.45) is 5.73 Å². The number of rotatable bonds is 4. The molecule has 0 aliphatic rings. The van der Waals surface area contributed by atoms with E-state index < -0.39 is 0 Å². The second-order valence-electron chi connectivity index (χ2n) is 4.52. The van der Waals surface area contributed by atoms with E-state index in [2.05, 4.69) is 10.3 Å². The van der Waals surface area contributed by atoms with Crippen molar-refractivity contribution in [2.45, 2.75) is 26.8 Å². The van der Waals surface area contributed by atoms with Gasteiger partial charge >= 0.3 is 0 Å². The topological polar surface area (TPSA) is 64.1 Å². The van der Waals surface area contributed by atoms with Crippen LogP contribution < -0.4 is 11.1 Å². The highest BCUT2D eigenvalue weighted by atomic mass is 32.1. The first-order chi connectivity index (χ1) is 8.99. The summed E-state index contributed by atoms with van der Waals surface area (Å²) in [5.74, 6) is 0.862. The minimum Gasteiger partial charge on any atom is -0.467 e. The third kappa shape index (κ3) is 2.93. The summed E-state index contributed by atoms with van der Waals surface area (Å²) in [4.78, 5) is 4.74. The van der Waals surface area contributed by atoms with Gasteiger partial charge in [-0.25, -0.2) is 0 Å². The fraction of sp³-hybridized carbons (Fsp3) is 0.286. The number of nitrogens with two attached hydrogens (primary N) is 1. The normalized spacial score (nSPS) is 12.2. The average Bonchev–Trinajstić information content (AvgIpc) is 2.80. The Kier molecular flexibility index (Phi) is 3.85. The van der Waals surface area contributed by atoms with Crippen molar-refractivity contribution in [3.8, 4) is 0 Å². The van der Waals surface area contributed by atoms with Gasteiger partial charge in [0.05, 0.1) is 17.9 Å². The van der Waals surface area contributed by atoms with Crippen LogP contribution in [0.3, 0.4) is 0 Å².